The van der Waals surface area contributed by atoms with Gasteiger partial charge in [-0.25, -0.2) is 0 Å². The van der Waals surface area contributed by atoms with E-state index in [-0.39, 0.29) is 22.1 Å². The van der Waals surface area contributed by atoms with Gasteiger partial charge in [-0.05, 0) is 71.6 Å². The predicted octanol–water partition coefficient (Wildman–Crippen LogP) is 6.44. The lowest BCUT2D eigenvalue weighted by molar-refractivity contribution is -0.132. The maximum absolute atomic E-state index is 13.4. The molecule has 1 saturated heterocycles. The molecule has 174 valence electrons. The molecule has 1 atom stereocenters. The Morgan fingerprint density at radius 2 is 1.60 bits per heavy atom. The zero-order valence-electron chi connectivity index (χ0n) is 19.1. The summed E-state index contributed by atoms with van der Waals surface area (Å²) in [6.45, 7) is 3.89. The van der Waals surface area contributed by atoms with Gasteiger partial charge in [-0.1, -0.05) is 60.1 Å². The van der Waals surface area contributed by atoms with Gasteiger partial charge >= 0.3 is 0 Å². The van der Waals surface area contributed by atoms with E-state index in [1.54, 1.807) is 24.3 Å². The number of amides is 1. The lowest BCUT2D eigenvalue weighted by Gasteiger charge is -2.26. The van der Waals surface area contributed by atoms with Gasteiger partial charge in [0.25, 0.3) is 11.7 Å². The van der Waals surface area contributed by atoms with Crippen LogP contribution in [-0.2, 0) is 9.59 Å². The zero-order valence-corrected chi connectivity index (χ0v) is 19.9. The summed E-state index contributed by atoms with van der Waals surface area (Å²) in [5.41, 5.74) is 3.42. The Balaban J connectivity index is 1.75. The molecule has 0 spiro atoms. The second-order valence-corrected chi connectivity index (χ2v) is 9.12. The van der Waals surface area contributed by atoms with Gasteiger partial charge in [0, 0.05) is 11.3 Å². The number of fused-ring (bicyclic) bond motifs is 1. The third kappa shape index (κ3) is 3.84. The average Bonchev–Trinajstić information content (AvgIpc) is 3.12. The normalized spacial score (nSPS) is 17.3. The quantitative estimate of drug-likeness (QED) is 0.199. The summed E-state index contributed by atoms with van der Waals surface area (Å²) >= 11 is 6.20. The minimum absolute atomic E-state index is 0.0368. The number of aliphatic hydroxyl groups excluding tert-OH is 1. The second kappa shape index (κ2) is 8.60. The van der Waals surface area contributed by atoms with Gasteiger partial charge in [-0.3, -0.25) is 14.5 Å². The Kier molecular flexibility index (Phi) is 5.58. The summed E-state index contributed by atoms with van der Waals surface area (Å²) in [7, 11) is 0. The number of benzene rings is 4. The van der Waals surface area contributed by atoms with Crippen LogP contribution in [0.1, 0.15) is 28.3 Å². The van der Waals surface area contributed by atoms with Crippen molar-refractivity contribution in [1.29, 1.82) is 0 Å². The van der Waals surface area contributed by atoms with E-state index in [9.17, 15) is 19.8 Å². The Labute approximate surface area is 207 Å². The number of halogens is 1. The van der Waals surface area contributed by atoms with Crippen LogP contribution in [0.3, 0.4) is 0 Å². The maximum atomic E-state index is 13.4. The summed E-state index contributed by atoms with van der Waals surface area (Å²) in [6.07, 6.45) is 0. The van der Waals surface area contributed by atoms with Crippen molar-refractivity contribution in [2.24, 2.45) is 0 Å². The minimum Gasteiger partial charge on any atom is -0.507 e. The molecule has 1 unspecified atom stereocenters. The van der Waals surface area contributed by atoms with Crippen LogP contribution >= 0.6 is 11.6 Å². The van der Waals surface area contributed by atoms with E-state index >= 15 is 0 Å². The van der Waals surface area contributed by atoms with Crippen LogP contribution in [0.15, 0.2) is 84.4 Å². The molecule has 0 bridgehead atoms. The number of rotatable bonds is 3. The van der Waals surface area contributed by atoms with Crippen molar-refractivity contribution in [2.45, 2.75) is 19.9 Å². The minimum atomic E-state index is -0.929. The fourth-order valence-corrected chi connectivity index (χ4v) is 4.66. The van der Waals surface area contributed by atoms with Gasteiger partial charge in [0.2, 0.25) is 0 Å². The van der Waals surface area contributed by atoms with E-state index < -0.39 is 17.7 Å². The maximum Gasteiger partial charge on any atom is 0.300 e. The fraction of sp³-hybridized carbons (Fsp3) is 0.103. The number of aromatic hydroxyl groups is 1. The number of nitrogens with zero attached hydrogens (tertiary/aromatic N) is 1. The standard InChI is InChI=1S/C29H22ClNO4/c1-16-7-11-22(13-17(16)2)31-26(20-10-12-24(32)23(30)15-20)25(28(34)29(31)35)27(33)21-9-8-18-5-3-4-6-19(18)14-21/h3-15,26,32-33H,1-2H3/b27-25-. The molecular formula is C29H22ClNO4. The van der Waals surface area contributed by atoms with E-state index in [2.05, 4.69) is 0 Å². The highest BCUT2D eigenvalue weighted by molar-refractivity contribution is 6.51. The fourth-order valence-electron chi connectivity index (χ4n) is 4.48. The van der Waals surface area contributed by atoms with Gasteiger partial charge in [0.1, 0.15) is 11.5 Å². The monoisotopic (exact) mass is 483 g/mol. The third-order valence-corrected chi connectivity index (χ3v) is 6.83. The average molecular weight is 484 g/mol. The highest BCUT2D eigenvalue weighted by atomic mass is 35.5. The van der Waals surface area contributed by atoms with Crippen LogP contribution in [0.25, 0.3) is 16.5 Å². The number of hydrogen-bond acceptors (Lipinski definition) is 4. The van der Waals surface area contributed by atoms with E-state index in [1.807, 2.05) is 56.3 Å². The van der Waals surface area contributed by atoms with Crippen LogP contribution in [0.4, 0.5) is 5.69 Å². The first-order valence-electron chi connectivity index (χ1n) is 11.1. The topological polar surface area (TPSA) is 77.8 Å². The lowest BCUT2D eigenvalue weighted by atomic mass is 9.94. The largest absolute Gasteiger partial charge is 0.507 e. The molecule has 0 aromatic heterocycles. The molecule has 35 heavy (non-hydrogen) atoms. The molecule has 4 aromatic rings. The molecule has 1 amide bonds. The highest BCUT2D eigenvalue weighted by Gasteiger charge is 2.47. The van der Waals surface area contributed by atoms with E-state index in [1.165, 1.54) is 17.0 Å². The van der Waals surface area contributed by atoms with Crippen molar-refractivity contribution in [2.75, 3.05) is 4.90 Å². The first kappa shape index (κ1) is 22.7. The van der Waals surface area contributed by atoms with E-state index in [0.29, 0.717) is 16.8 Å². The molecular weight excluding hydrogens is 462 g/mol. The molecule has 4 aromatic carbocycles. The second-order valence-electron chi connectivity index (χ2n) is 8.71. The number of carbonyl (C=O) groups excluding carboxylic acids is 2. The van der Waals surface area contributed by atoms with Crippen molar-refractivity contribution in [3.05, 3.63) is 112 Å². The molecule has 1 aliphatic rings. The van der Waals surface area contributed by atoms with Gasteiger partial charge in [-0.2, -0.15) is 0 Å². The number of Topliss-reactive ketones (excluding diaryl/α,β-unsaturated/α-hetero) is 1. The Morgan fingerprint density at radius 1 is 0.857 bits per heavy atom. The summed E-state index contributed by atoms with van der Waals surface area (Å²) in [5.74, 6) is -1.92. The molecule has 1 fully saturated rings. The number of phenols is 1. The predicted molar refractivity (Wildman–Crippen MR) is 138 cm³/mol. The van der Waals surface area contributed by atoms with Crippen molar-refractivity contribution < 1.29 is 19.8 Å². The summed E-state index contributed by atoms with van der Waals surface area (Å²) < 4.78 is 0. The van der Waals surface area contributed by atoms with Gasteiger partial charge < -0.3 is 10.2 Å². The Hall–Kier alpha value is -4.09. The molecule has 0 saturated carbocycles. The van der Waals surface area contributed by atoms with Crippen LogP contribution in [0.2, 0.25) is 5.02 Å². The molecule has 2 N–H and O–H groups in total. The van der Waals surface area contributed by atoms with Gasteiger partial charge in [0.15, 0.2) is 0 Å². The van der Waals surface area contributed by atoms with Crippen LogP contribution in [0.5, 0.6) is 5.75 Å². The first-order valence-corrected chi connectivity index (χ1v) is 11.5. The van der Waals surface area contributed by atoms with Crippen LogP contribution in [-0.4, -0.2) is 21.9 Å². The van der Waals surface area contributed by atoms with Gasteiger partial charge in [0.05, 0.1) is 16.6 Å². The van der Waals surface area contributed by atoms with Crippen LogP contribution < -0.4 is 4.90 Å². The number of ketones is 1. The molecule has 6 heteroatoms. The summed E-state index contributed by atoms with van der Waals surface area (Å²) in [5, 5.41) is 23.3. The molecule has 1 aliphatic heterocycles. The lowest BCUT2D eigenvalue weighted by Crippen LogP contribution is -2.29. The number of phenolic OH excluding ortho intramolecular Hbond substituents is 1. The van der Waals surface area contributed by atoms with Crippen molar-refractivity contribution in [1.82, 2.24) is 0 Å². The van der Waals surface area contributed by atoms with E-state index in [0.717, 1.165) is 21.9 Å². The van der Waals surface area contributed by atoms with Crippen molar-refractivity contribution in [3.8, 4) is 5.75 Å². The summed E-state index contributed by atoms with van der Waals surface area (Å²) in [6, 6.07) is 22.1. The number of aliphatic hydroxyl groups is 1. The number of anilines is 1. The first-order chi connectivity index (χ1) is 16.8. The molecule has 5 nitrogen and oxygen atoms in total. The van der Waals surface area contributed by atoms with Crippen LogP contribution in [0, 0.1) is 13.8 Å². The summed E-state index contributed by atoms with van der Waals surface area (Å²) in [4.78, 5) is 28.1. The molecule has 5 rings (SSSR count). The van der Waals surface area contributed by atoms with Gasteiger partial charge in [-0.15, -0.1) is 0 Å². The number of carbonyl (C=O) groups is 2. The number of hydrogen-bond donors (Lipinski definition) is 2. The third-order valence-electron chi connectivity index (χ3n) is 6.52. The zero-order chi connectivity index (χ0) is 24.9. The number of aryl methyl sites for hydroxylation is 2. The Bertz CT molecular complexity index is 1560. The molecule has 0 radical (unpaired) electrons. The van der Waals surface area contributed by atoms with E-state index in [4.69, 9.17) is 11.6 Å². The highest BCUT2D eigenvalue weighted by Crippen LogP contribution is 2.44. The molecule has 0 aliphatic carbocycles. The smallest absolute Gasteiger partial charge is 0.300 e. The van der Waals surface area contributed by atoms with Crippen molar-refractivity contribution in [3.63, 3.8) is 0 Å². The SMILES string of the molecule is Cc1ccc(N2C(=O)C(=O)/C(=C(\O)c3ccc4ccccc4c3)C2c2ccc(O)c(Cl)c2)cc1C. The van der Waals surface area contributed by atoms with Crippen molar-refractivity contribution >= 4 is 45.5 Å². The molecule has 1 heterocycles. The Morgan fingerprint density at radius 3 is 2.31 bits per heavy atom.